The van der Waals surface area contributed by atoms with Gasteiger partial charge in [0.05, 0.1) is 4.92 Å². The van der Waals surface area contributed by atoms with Crippen LogP contribution in [-0.4, -0.2) is 22.9 Å². The van der Waals surface area contributed by atoms with Crippen LogP contribution in [0.4, 0.5) is 5.69 Å². The molecule has 144 valence electrons. The summed E-state index contributed by atoms with van der Waals surface area (Å²) in [5.41, 5.74) is 2.61. The first-order valence-electron chi connectivity index (χ1n) is 10.2. The van der Waals surface area contributed by atoms with E-state index in [-0.39, 0.29) is 10.6 Å². The van der Waals surface area contributed by atoms with Gasteiger partial charge in [-0.25, -0.2) is 0 Å². The molecule has 0 saturated heterocycles. The number of hydrogen-bond donors (Lipinski definition) is 0. The Bertz CT molecular complexity index is 711. The minimum atomic E-state index is -0.301. The van der Waals surface area contributed by atoms with Crippen molar-refractivity contribution in [3.63, 3.8) is 0 Å². The number of nitro benzene ring substituents is 1. The molecule has 4 heteroatoms. The van der Waals surface area contributed by atoms with E-state index in [2.05, 4.69) is 35.2 Å². The summed E-state index contributed by atoms with van der Waals surface area (Å²) in [4.78, 5) is 13.3. The lowest BCUT2D eigenvalue weighted by atomic mass is 9.89. The van der Waals surface area contributed by atoms with Crippen LogP contribution in [0, 0.1) is 16.0 Å². The van der Waals surface area contributed by atoms with Crippen LogP contribution in [-0.2, 0) is 13.0 Å². The molecule has 3 rings (SSSR count). The molecule has 2 aromatic rings. The van der Waals surface area contributed by atoms with Crippen molar-refractivity contribution in [2.45, 2.75) is 51.5 Å². The highest BCUT2D eigenvalue weighted by atomic mass is 16.6. The second kappa shape index (κ2) is 10.2. The van der Waals surface area contributed by atoms with Crippen molar-refractivity contribution < 1.29 is 4.92 Å². The van der Waals surface area contributed by atoms with Gasteiger partial charge in [0, 0.05) is 25.2 Å². The maximum atomic E-state index is 11.1. The Morgan fingerprint density at radius 2 is 1.70 bits per heavy atom. The Morgan fingerprint density at radius 3 is 2.44 bits per heavy atom. The van der Waals surface area contributed by atoms with Gasteiger partial charge >= 0.3 is 0 Å². The smallest absolute Gasteiger partial charge is 0.269 e. The molecule has 1 saturated carbocycles. The monoisotopic (exact) mass is 366 g/mol. The average Bonchev–Trinajstić information content (AvgIpc) is 2.70. The molecule has 1 aliphatic rings. The van der Waals surface area contributed by atoms with Crippen molar-refractivity contribution in [2.75, 3.05) is 13.1 Å². The largest absolute Gasteiger partial charge is 0.299 e. The summed E-state index contributed by atoms with van der Waals surface area (Å²) in [6.07, 6.45) is 8.91. The van der Waals surface area contributed by atoms with Crippen molar-refractivity contribution >= 4 is 5.69 Å². The van der Waals surface area contributed by atoms with Gasteiger partial charge < -0.3 is 0 Å². The summed E-state index contributed by atoms with van der Waals surface area (Å²) >= 11 is 0. The van der Waals surface area contributed by atoms with E-state index in [1.807, 2.05) is 6.07 Å². The van der Waals surface area contributed by atoms with Gasteiger partial charge in [-0.05, 0) is 49.3 Å². The van der Waals surface area contributed by atoms with Gasteiger partial charge in [-0.15, -0.1) is 0 Å². The molecule has 0 aliphatic heterocycles. The molecule has 1 fully saturated rings. The topological polar surface area (TPSA) is 46.4 Å². The van der Waals surface area contributed by atoms with E-state index in [0.29, 0.717) is 0 Å². The van der Waals surface area contributed by atoms with E-state index in [1.165, 1.54) is 37.7 Å². The first-order valence-corrected chi connectivity index (χ1v) is 10.2. The number of nitrogens with zero attached hydrogens (tertiary/aromatic N) is 2. The number of nitro groups is 1. The number of rotatable bonds is 9. The summed E-state index contributed by atoms with van der Waals surface area (Å²) in [5, 5.41) is 11.1. The van der Waals surface area contributed by atoms with Crippen LogP contribution in [0.5, 0.6) is 0 Å². The predicted molar refractivity (Wildman–Crippen MR) is 110 cm³/mol. The minimum Gasteiger partial charge on any atom is -0.299 e. The lowest BCUT2D eigenvalue weighted by molar-refractivity contribution is -0.384. The molecule has 0 N–H and O–H groups in total. The quantitative estimate of drug-likeness (QED) is 0.428. The summed E-state index contributed by atoms with van der Waals surface area (Å²) < 4.78 is 0. The molecular formula is C23H30N2O2. The summed E-state index contributed by atoms with van der Waals surface area (Å²) in [6, 6.07) is 17.7. The van der Waals surface area contributed by atoms with E-state index >= 15 is 0 Å². The first-order chi connectivity index (χ1) is 13.2. The van der Waals surface area contributed by atoms with Crippen LogP contribution in [0.25, 0.3) is 0 Å². The molecule has 4 nitrogen and oxygen atoms in total. The highest BCUT2D eigenvalue weighted by Crippen LogP contribution is 2.25. The number of hydrogen-bond acceptors (Lipinski definition) is 3. The second-order valence-corrected chi connectivity index (χ2v) is 7.76. The van der Waals surface area contributed by atoms with Crippen LogP contribution in [0.15, 0.2) is 54.6 Å². The molecular weight excluding hydrogens is 336 g/mol. The molecule has 0 atom stereocenters. The first kappa shape index (κ1) is 19.6. The normalized spacial score (nSPS) is 15.1. The Kier molecular flexibility index (Phi) is 7.40. The number of aryl methyl sites for hydroxylation is 1. The zero-order valence-electron chi connectivity index (χ0n) is 16.1. The van der Waals surface area contributed by atoms with Gasteiger partial charge in [-0.1, -0.05) is 61.7 Å². The fourth-order valence-corrected chi connectivity index (χ4v) is 4.15. The van der Waals surface area contributed by atoms with Crippen molar-refractivity contribution in [3.8, 4) is 0 Å². The summed E-state index contributed by atoms with van der Waals surface area (Å²) in [5.74, 6) is 0.772. The zero-order chi connectivity index (χ0) is 18.9. The molecule has 0 aromatic heterocycles. The molecule has 0 unspecified atom stereocenters. The predicted octanol–water partition coefficient (Wildman–Crippen LogP) is 5.61. The minimum absolute atomic E-state index is 0.189. The Morgan fingerprint density at radius 1 is 0.963 bits per heavy atom. The standard InChI is InChI=1S/C23H30N2O2/c26-25(27)23-15-7-13-22(17-23)19-24(18-21-11-5-2-6-12-21)16-8-14-20-9-3-1-4-10-20/h1,3-4,7,9-10,13,15,17,21H,2,5-6,8,11-12,14,16,18-19H2. The van der Waals surface area contributed by atoms with Gasteiger partial charge in [0.2, 0.25) is 0 Å². The molecule has 0 spiro atoms. The third-order valence-corrected chi connectivity index (χ3v) is 5.55. The Hall–Kier alpha value is -2.20. The lowest BCUT2D eigenvalue weighted by Gasteiger charge is -2.30. The SMILES string of the molecule is O=[N+]([O-])c1cccc(CN(CCCc2ccccc2)CC2CCCCC2)c1. The van der Waals surface area contributed by atoms with E-state index in [1.54, 1.807) is 18.2 Å². The summed E-state index contributed by atoms with van der Waals surface area (Å²) in [7, 11) is 0. The van der Waals surface area contributed by atoms with Gasteiger partial charge in [-0.3, -0.25) is 15.0 Å². The molecule has 0 bridgehead atoms. The number of non-ortho nitro benzene ring substituents is 1. The van der Waals surface area contributed by atoms with E-state index < -0.39 is 0 Å². The van der Waals surface area contributed by atoms with Crippen LogP contribution in [0.3, 0.4) is 0 Å². The lowest BCUT2D eigenvalue weighted by Crippen LogP contribution is -2.31. The third-order valence-electron chi connectivity index (χ3n) is 5.55. The van der Waals surface area contributed by atoms with E-state index in [4.69, 9.17) is 0 Å². The summed E-state index contributed by atoms with van der Waals surface area (Å²) in [6.45, 7) is 2.94. The fourth-order valence-electron chi connectivity index (χ4n) is 4.15. The number of benzene rings is 2. The van der Waals surface area contributed by atoms with Crippen LogP contribution < -0.4 is 0 Å². The molecule has 2 aromatic carbocycles. The highest BCUT2D eigenvalue weighted by molar-refractivity contribution is 5.34. The van der Waals surface area contributed by atoms with Gasteiger partial charge in [0.25, 0.3) is 5.69 Å². The Balaban J connectivity index is 1.61. The van der Waals surface area contributed by atoms with Crippen LogP contribution >= 0.6 is 0 Å². The molecule has 1 aliphatic carbocycles. The highest BCUT2D eigenvalue weighted by Gasteiger charge is 2.18. The van der Waals surface area contributed by atoms with Crippen molar-refractivity contribution in [3.05, 3.63) is 75.8 Å². The van der Waals surface area contributed by atoms with Crippen molar-refractivity contribution in [2.24, 2.45) is 5.92 Å². The second-order valence-electron chi connectivity index (χ2n) is 7.76. The van der Waals surface area contributed by atoms with Gasteiger partial charge in [-0.2, -0.15) is 0 Å². The molecule has 27 heavy (non-hydrogen) atoms. The van der Waals surface area contributed by atoms with Crippen molar-refractivity contribution in [1.82, 2.24) is 4.90 Å². The third kappa shape index (κ3) is 6.47. The Labute approximate surface area is 162 Å². The molecule has 0 heterocycles. The maximum Gasteiger partial charge on any atom is 0.269 e. The zero-order valence-corrected chi connectivity index (χ0v) is 16.1. The van der Waals surface area contributed by atoms with Gasteiger partial charge in [0.15, 0.2) is 0 Å². The van der Waals surface area contributed by atoms with E-state index in [9.17, 15) is 10.1 Å². The van der Waals surface area contributed by atoms with Crippen LogP contribution in [0.2, 0.25) is 0 Å². The van der Waals surface area contributed by atoms with Crippen molar-refractivity contribution in [1.29, 1.82) is 0 Å². The molecule has 0 amide bonds. The molecule has 0 radical (unpaired) electrons. The fraction of sp³-hybridized carbons (Fsp3) is 0.478. The average molecular weight is 367 g/mol. The maximum absolute atomic E-state index is 11.1. The van der Waals surface area contributed by atoms with Crippen LogP contribution in [0.1, 0.15) is 49.7 Å². The van der Waals surface area contributed by atoms with Gasteiger partial charge in [0.1, 0.15) is 0 Å². The van der Waals surface area contributed by atoms with E-state index in [0.717, 1.165) is 44.0 Å².